The van der Waals surface area contributed by atoms with Gasteiger partial charge in [0.15, 0.2) is 11.6 Å². The maximum Gasteiger partial charge on any atom is 0.320 e. The standard InChI is InChI=1S/C23H15F3N4O3/c24-15-4-5-16(25)22-20(15)19-14(10-32-22)21(19)30-23(31)29-18-6-3-13(9-28-18)33-12-2-1-11(8-27)17(26)7-12/h1-7,9,14,19,21H,10H2,(H2,28,29,30,31)/t14-,19-,21?/m0/s1. The summed E-state index contributed by atoms with van der Waals surface area (Å²) in [6.45, 7) is 0.184. The lowest BCUT2D eigenvalue weighted by atomic mass is 10.0. The molecule has 5 rings (SSSR count). The van der Waals surface area contributed by atoms with Gasteiger partial charge in [0, 0.05) is 29.5 Å². The number of halogens is 3. The summed E-state index contributed by atoms with van der Waals surface area (Å²) in [7, 11) is 0. The number of hydrogen-bond donors (Lipinski definition) is 2. The number of anilines is 1. The Morgan fingerprint density at radius 3 is 2.61 bits per heavy atom. The minimum Gasteiger partial charge on any atom is -0.490 e. The molecule has 2 aromatic carbocycles. The summed E-state index contributed by atoms with van der Waals surface area (Å²) in [5.74, 6) is -1.78. The Morgan fingerprint density at radius 1 is 1.09 bits per heavy atom. The number of aromatic nitrogens is 1. The highest BCUT2D eigenvalue weighted by Crippen LogP contribution is 2.55. The van der Waals surface area contributed by atoms with Crippen LogP contribution in [0.2, 0.25) is 0 Å². The molecule has 10 heteroatoms. The number of carbonyl (C=O) groups excluding carboxylic acids is 1. The molecule has 166 valence electrons. The van der Waals surface area contributed by atoms with E-state index in [2.05, 4.69) is 15.6 Å². The first kappa shape index (κ1) is 20.6. The van der Waals surface area contributed by atoms with Crippen molar-refractivity contribution in [2.24, 2.45) is 5.92 Å². The van der Waals surface area contributed by atoms with Gasteiger partial charge in [-0.3, -0.25) is 5.32 Å². The first-order valence-electron chi connectivity index (χ1n) is 9.96. The van der Waals surface area contributed by atoms with E-state index in [1.165, 1.54) is 30.5 Å². The van der Waals surface area contributed by atoms with Crippen molar-refractivity contribution in [2.45, 2.75) is 12.0 Å². The van der Waals surface area contributed by atoms with Crippen molar-refractivity contribution in [1.29, 1.82) is 5.26 Å². The third kappa shape index (κ3) is 3.89. The van der Waals surface area contributed by atoms with E-state index in [0.29, 0.717) is 5.75 Å². The van der Waals surface area contributed by atoms with E-state index in [4.69, 9.17) is 14.7 Å². The molecule has 0 spiro atoms. The fourth-order valence-electron chi connectivity index (χ4n) is 3.96. The summed E-state index contributed by atoms with van der Waals surface area (Å²) in [6.07, 6.45) is 1.34. The third-order valence-corrected chi connectivity index (χ3v) is 5.59. The number of hydrogen-bond acceptors (Lipinski definition) is 5. The van der Waals surface area contributed by atoms with Crippen molar-refractivity contribution in [3.05, 3.63) is 77.2 Å². The van der Waals surface area contributed by atoms with E-state index in [1.807, 2.05) is 0 Å². The van der Waals surface area contributed by atoms with Gasteiger partial charge in [-0.15, -0.1) is 0 Å². The minimum absolute atomic E-state index is 0.0931. The molecule has 1 fully saturated rings. The van der Waals surface area contributed by atoms with E-state index < -0.39 is 29.5 Å². The van der Waals surface area contributed by atoms with Crippen LogP contribution >= 0.6 is 0 Å². The molecule has 2 heterocycles. The number of pyridine rings is 1. The van der Waals surface area contributed by atoms with Crippen molar-refractivity contribution in [3.63, 3.8) is 0 Å². The minimum atomic E-state index is -0.700. The molecule has 1 saturated carbocycles. The smallest absolute Gasteiger partial charge is 0.320 e. The molecule has 2 aliphatic rings. The van der Waals surface area contributed by atoms with E-state index in [9.17, 15) is 18.0 Å². The van der Waals surface area contributed by atoms with Crippen LogP contribution in [0, 0.1) is 34.7 Å². The fraction of sp³-hybridized carbons (Fsp3) is 0.174. The zero-order valence-electron chi connectivity index (χ0n) is 16.8. The van der Waals surface area contributed by atoms with Crippen LogP contribution in [-0.2, 0) is 0 Å². The van der Waals surface area contributed by atoms with Crippen molar-refractivity contribution in [2.75, 3.05) is 11.9 Å². The molecule has 0 bridgehead atoms. The first-order valence-corrected chi connectivity index (χ1v) is 9.96. The number of nitrogens with one attached hydrogen (secondary N) is 2. The highest BCUT2D eigenvalue weighted by molar-refractivity contribution is 5.89. The maximum atomic E-state index is 14.2. The van der Waals surface area contributed by atoms with Crippen LogP contribution < -0.4 is 20.1 Å². The predicted molar refractivity (Wildman–Crippen MR) is 109 cm³/mol. The molecule has 33 heavy (non-hydrogen) atoms. The number of amides is 2. The summed E-state index contributed by atoms with van der Waals surface area (Å²) in [6, 6.07) is 9.70. The van der Waals surface area contributed by atoms with Crippen LogP contribution in [0.5, 0.6) is 17.2 Å². The van der Waals surface area contributed by atoms with Crippen molar-refractivity contribution in [3.8, 4) is 23.3 Å². The SMILES string of the molecule is N#Cc1ccc(Oc2ccc(NC(=O)NC3[C@H]4COc5c(F)ccc(F)c5[C@@H]34)nc2)cc1F. The average molecular weight is 452 g/mol. The van der Waals surface area contributed by atoms with Gasteiger partial charge in [-0.1, -0.05) is 0 Å². The van der Waals surface area contributed by atoms with Gasteiger partial charge in [0.2, 0.25) is 0 Å². The highest BCUT2D eigenvalue weighted by atomic mass is 19.1. The molecule has 0 radical (unpaired) electrons. The summed E-state index contributed by atoms with van der Waals surface area (Å²) < 4.78 is 52.6. The molecule has 2 amide bonds. The summed E-state index contributed by atoms with van der Waals surface area (Å²) >= 11 is 0. The number of carbonyl (C=O) groups is 1. The van der Waals surface area contributed by atoms with Crippen LogP contribution in [0.15, 0.2) is 48.7 Å². The van der Waals surface area contributed by atoms with Crippen LogP contribution in [0.1, 0.15) is 17.0 Å². The molecular formula is C23H15F3N4O3. The average Bonchev–Trinajstić information content (AvgIpc) is 3.50. The fourth-order valence-corrected chi connectivity index (χ4v) is 3.96. The zero-order valence-corrected chi connectivity index (χ0v) is 16.8. The Kier molecular flexibility index (Phi) is 5.01. The summed E-state index contributed by atoms with van der Waals surface area (Å²) in [4.78, 5) is 16.4. The van der Waals surface area contributed by atoms with Gasteiger partial charge < -0.3 is 14.8 Å². The van der Waals surface area contributed by atoms with E-state index in [0.717, 1.165) is 18.2 Å². The van der Waals surface area contributed by atoms with Crippen LogP contribution in [-0.4, -0.2) is 23.7 Å². The normalized spacial score (nSPS) is 19.9. The second kappa shape index (κ2) is 8.02. The number of ether oxygens (including phenoxy) is 2. The lowest BCUT2D eigenvalue weighted by Crippen LogP contribution is -2.32. The van der Waals surface area contributed by atoms with Crippen molar-refractivity contribution < 1.29 is 27.4 Å². The molecule has 1 aliphatic carbocycles. The lowest BCUT2D eigenvalue weighted by Gasteiger charge is -2.16. The van der Waals surface area contributed by atoms with Gasteiger partial charge in [-0.05, 0) is 36.4 Å². The summed E-state index contributed by atoms with van der Waals surface area (Å²) in [5, 5.41) is 14.1. The second-order valence-corrected chi connectivity index (χ2v) is 7.63. The number of fused-ring (bicyclic) bond motifs is 3. The van der Waals surface area contributed by atoms with Gasteiger partial charge in [0.05, 0.1) is 18.4 Å². The number of nitrogens with zero attached hydrogens (tertiary/aromatic N) is 2. The van der Waals surface area contributed by atoms with E-state index >= 15 is 0 Å². The molecule has 7 nitrogen and oxygen atoms in total. The lowest BCUT2D eigenvalue weighted by molar-refractivity contribution is 0.247. The summed E-state index contributed by atoms with van der Waals surface area (Å²) in [5.41, 5.74) is 0.0554. The Labute approximate surface area is 185 Å². The second-order valence-electron chi connectivity index (χ2n) is 7.63. The van der Waals surface area contributed by atoms with E-state index in [1.54, 1.807) is 6.07 Å². The molecule has 1 unspecified atom stereocenters. The first-order chi connectivity index (χ1) is 15.9. The quantitative estimate of drug-likeness (QED) is 0.610. The molecule has 1 aliphatic heterocycles. The van der Waals surface area contributed by atoms with Crippen LogP contribution in [0.25, 0.3) is 0 Å². The topological polar surface area (TPSA) is 96.3 Å². The Morgan fingerprint density at radius 2 is 1.88 bits per heavy atom. The largest absolute Gasteiger partial charge is 0.490 e. The highest BCUT2D eigenvalue weighted by Gasteiger charge is 2.57. The molecule has 1 aromatic heterocycles. The molecule has 3 aromatic rings. The van der Waals surface area contributed by atoms with Crippen LogP contribution in [0.4, 0.5) is 23.8 Å². The van der Waals surface area contributed by atoms with Crippen LogP contribution in [0.3, 0.4) is 0 Å². The number of urea groups is 1. The zero-order chi connectivity index (χ0) is 23.1. The molecular weight excluding hydrogens is 437 g/mol. The molecule has 0 saturated heterocycles. The van der Waals surface area contributed by atoms with Gasteiger partial charge in [0.25, 0.3) is 0 Å². The number of nitriles is 1. The maximum absolute atomic E-state index is 14.2. The Bertz CT molecular complexity index is 1290. The van der Waals surface area contributed by atoms with Gasteiger partial charge >= 0.3 is 6.03 Å². The monoisotopic (exact) mass is 452 g/mol. The van der Waals surface area contributed by atoms with Crippen molar-refractivity contribution >= 4 is 11.8 Å². The predicted octanol–water partition coefficient (Wildman–Crippen LogP) is 4.46. The number of rotatable bonds is 4. The van der Waals surface area contributed by atoms with Gasteiger partial charge in [-0.25, -0.2) is 22.9 Å². The molecule has 2 N–H and O–H groups in total. The number of benzene rings is 2. The third-order valence-electron chi connectivity index (χ3n) is 5.59. The Hall–Kier alpha value is -4.26. The van der Waals surface area contributed by atoms with E-state index in [-0.39, 0.29) is 46.9 Å². The van der Waals surface area contributed by atoms with Crippen molar-refractivity contribution in [1.82, 2.24) is 10.3 Å². The van der Waals surface area contributed by atoms with Gasteiger partial charge in [-0.2, -0.15) is 5.26 Å². The van der Waals surface area contributed by atoms with Gasteiger partial charge in [0.1, 0.15) is 35.0 Å². The molecule has 3 atom stereocenters. The Balaban J connectivity index is 1.20.